The molecule has 0 aliphatic carbocycles. The molecule has 15 heteroatoms. The number of anilines is 1. The van der Waals surface area contributed by atoms with Crippen LogP contribution < -0.4 is 20.3 Å². The Balaban J connectivity index is 2.04. The van der Waals surface area contributed by atoms with Gasteiger partial charge in [0.05, 0.1) is 24.8 Å². The molecule has 1 aromatic carbocycles. The van der Waals surface area contributed by atoms with Gasteiger partial charge in [-0.15, -0.1) is 0 Å². The van der Waals surface area contributed by atoms with Crippen LogP contribution in [0, 0.1) is 0 Å². The van der Waals surface area contributed by atoms with E-state index >= 15 is 0 Å². The number of nitrogens with one attached hydrogen (secondary N) is 1. The predicted molar refractivity (Wildman–Crippen MR) is 105 cm³/mol. The first-order valence-corrected chi connectivity index (χ1v) is 9.07. The van der Waals surface area contributed by atoms with Gasteiger partial charge in [0, 0.05) is 7.05 Å². The van der Waals surface area contributed by atoms with E-state index in [1.165, 1.54) is 39.5 Å². The number of amides is 1. The number of rotatable bonds is 6. The number of tetrazole rings is 1. The summed E-state index contributed by atoms with van der Waals surface area (Å²) in [6.45, 7) is -1.53. The Morgan fingerprint density at radius 2 is 1.91 bits per heavy atom. The van der Waals surface area contributed by atoms with Crippen LogP contribution in [0.5, 0.6) is 11.5 Å². The standard InChI is InChI=1S/C17H15ClF3N7O4/c1-27-15(30)11(8-4-5-9(31-2)10(6-8)32-3)12(18)13(24-27)14(29)22-16-23-25-26-28(16)7-17(19,20)21/h4-6H,7H2,1-3H3,(H,22,23,26,29). The van der Waals surface area contributed by atoms with Gasteiger partial charge in [-0.1, -0.05) is 22.8 Å². The fourth-order valence-corrected chi connectivity index (χ4v) is 3.05. The topological polar surface area (TPSA) is 126 Å². The van der Waals surface area contributed by atoms with E-state index in [-0.39, 0.29) is 10.6 Å². The number of aromatic nitrogens is 6. The third-order valence-electron chi connectivity index (χ3n) is 4.16. The number of ether oxygens (including phenoxy) is 2. The minimum atomic E-state index is -4.62. The number of hydrogen-bond acceptors (Lipinski definition) is 8. The molecular weight excluding hydrogens is 459 g/mol. The monoisotopic (exact) mass is 473 g/mol. The second-order valence-electron chi connectivity index (χ2n) is 6.27. The molecule has 0 radical (unpaired) electrons. The van der Waals surface area contributed by atoms with Crippen molar-refractivity contribution in [2.45, 2.75) is 12.7 Å². The van der Waals surface area contributed by atoms with Gasteiger partial charge in [0.15, 0.2) is 17.2 Å². The van der Waals surface area contributed by atoms with Crippen molar-refractivity contribution in [1.29, 1.82) is 0 Å². The Kier molecular flexibility index (Phi) is 6.34. The molecule has 0 spiro atoms. The summed E-state index contributed by atoms with van der Waals surface area (Å²) in [7, 11) is 4.12. The highest BCUT2D eigenvalue weighted by atomic mass is 35.5. The van der Waals surface area contributed by atoms with Gasteiger partial charge in [-0.2, -0.15) is 18.3 Å². The van der Waals surface area contributed by atoms with Gasteiger partial charge in [-0.25, -0.2) is 9.36 Å². The number of carbonyl (C=O) groups is 1. The summed E-state index contributed by atoms with van der Waals surface area (Å²) >= 11 is 6.32. The van der Waals surface area contributed by atoms with Crippen LogP contribution in [0.1, 0.15) is 10.5 Å². The van der Waals surface area contributed by atoms with Crippen LogP contribution in [0.4, 0.5) is 19.1 Å². The molecule has 0 aliphatic rings. The van der Waals surface area contributed by atoms with Crippen LogP contribution in [-0.2, 0) is 13.6 Å². The third kappa shape index (κ3) is 4.64. The molecule has 0 atom stereocenters. The highest BCUT2D eigenvalue weighted by Gasteiger charge is 2.31. The molecule has 0 unspecified atom stereocenters. The van der Waals surface area contributed by atoms with E-state index < -0.39 is 35.8 Å². The summed E-state index contributed by atoms with van der Waals surface area (Å²) in [6.07, 6.45) is -4.62. The van der Waals surface area contributed by atoms with E-state index in [1.807, 2.05) is 0 Å². The van der Waals surface area contributed by atoms with E-state index in [1.54, 1.807) is 0 Å². The van der Waals surface area contributed by atoms with Crippen LogP contribution in [0.25, 0.3) is 11.1 Å². The largest absolute Gasteiger partial charge is 0.493 e. The fraction of sp³-hybridized carbons (Fsp3) is 0.294. The number of aryl methyl sites for hydroxylation is 1. The van der Waals surface area contributed by atoms with Crippen molar-refractivity contribution in [3.05, 3.63) is 39.3 Å². The molecule has 11 nitrogen and oxygen atoms in total. The second kappa shape index (κ2) is 8.82. The van der Waals surface area contributed by atoms with Crippen LogP contribution in [0.2, 0.25) is 5.02 Å². The van der Waals surface area contributed by atoms with Crippen molar-refractivity contribution in [3.63, 3.8) is 0 Å². The molecule has 2 heterocycles. The van der Waals surface area contributed by atoms with Crippen molar-refractivity contribution in [2.24, 2.45) is 7.05 Å². The molecule has 32 heavy (non-hydrogen) atoms. The number of hydrogen-bond donors (Lipinski definition) is 1. The van der Waals surface area contributed by atoms with E-state index in [4.69, 9.17) is 21.1 Å². The van der Waals surface area contributed by atoms with Crippen molar-refractivity contribution >= 4 is 23.5 Å². The molecule has 0 saturated heterocycles. The smallest absolute Gasteiger partial charge is 0.408 e. The number of carbonyl (C=O) groups excluding carboxylic acids is 1. The number of benzene rings is 1. The lowest BCUT2D eigenvalue weighted by Gasteiger charge is -2.13. The minimum absolute atomic E-state index is 0.0786. The first-order valence-electron chi connectivity index (χ1n) is 8.69. The normalized spacial score (nSPS) is 11.3. The van der Waals surface area contributed by atoms with Crippen LogP contribution >= 0.6 is 11.6 Å². The van der Waals surface area contributed by atoms with E-state index in [2.05, 4.69) is 25.9 Å². The molecule has 0 saturated carbocycles. The molecule has 0 bridgehead atoms. The van der Waals surface area contributed by atoms with Crippen LogP contribution in [-0.4, -0.2) is 56.3 Å². The first kappa shape index (κ1) is 23.0. The lowest BCUT2D eigenvalue weighted by Crippen LogP contribution is -2.28. The Bertz CT molecular complexity index is 1230. The number of nitrogens with zero attached hydrogens (tertiary/aromatic N) is 6. The van der Waals surface area contributed by atoms with E-state index in [0.717, 1.165) is 4.68 Å². The van der Waals surface area contributed by atoms with Crippen molar-refractivity contribution in [2.75, 3.05) is 19.5 Å². The van der Waals surface area contributed by atoms with Crippen LogP contribution in [0.3, 0.4) is 0 Å². The van der Waals surface area contributed by atoms with Gasteiger partial charge in [0.2, 0.25) is 5.95 Å². The van der Waals surface area contributed by atoms with Gasteiger partial charge in [0.1, 0.15) is 6.54 Å². The zero-order valence-electron chi connectivity index (χ0n) is 16.8. The van der Waals surface area contributed by atoms with Crippen LogP contribution in [0.15, 0.2) is 23.0 Å². The summed E-state index contributed by atoms with van der Waals surface area (Å²) in [5.41, 5.74) is -0.836. The Morgan fingerprint density at radius 1 is 1.22 bits per heavy atom. The van der Waals surface area contributed by atoms with E-state index in [9.17, 15) is 22.8 Å². The Hall–Kier alpha value is -3.68. The molecule has 1 N–H and O–H groups in total. The van der Waals surface area contributed by atoms with E-state index in [0.29, 0.717) is 21.7 Å². The molecule has 0 fully saturated rings. The van der Waals surface area contributed by atoms with Crippen molar-refractivity contribution < 1.29 is 27.4 Å². The van der Waals surface area contributed by atoms with Gasteiger partial charge >= 0.3 is 6.18 Å². The maximum atomic E-state index is 12.7. The maximum absolute atomic E-state index is 12.7. The molecule has 3 aromatic rings. The third-order valence-corrected chi connectivity index (χ3v) is 4.53. The average molecular weight is 474 g/mol. The zero-order valence-corrected chi connectivity index (χ0v) is 17.5. The lowest BCUT2D eigenvalue weighted by molar-refractivity contribution is -0.142. The molecule has 3 rings (SSSR count). The molecule has 2 aromatic heterocycles. The second-order valence-corrected chi connectivity index (χ2v) is 6.64. The van der Waals surface area contributed by atoms with Gasteiger partial charge in [-0.3, -0.25) is 14.9 Å². The molecule has 1 amide bonds. The zero-order chi connectivity index (χ0) is 23.6. The quantitative estimate of drug-likeness (QED) is 0.575. The summed E-state index contributed by atoms with van der Waals surface area (Å²) in [4.78, 5) is 25.4. The Morgan fingerprint density at radius 3 is 2.53 bits per heavy atom. The SMILES string of the molecule is COc1ccc(-c2c(Cl)c(C(=O)Nc3nnnn3CC(F)(F)F)nn(C)c2=O)cc1OC. The fourth-order valence-electron chi connectivity index (χ4n) is 2.73. The van der Waals surface area contributed by atoms with Gasteiger partial charge < -0.3 is 9.47 Å². The molecular formula is C17H15ClF3N7O4. The first-order chi connectivity index (χ1) is 15.1. The van der Waals surface area contributed by atoms with Crippen molar-refractivity contribution in [1.82, 2.24) is 30.0 Å². The summed E-state index contributed by atoms with van der Waals surface area (Å²) in [5.74, 6) is -0.901. The number of alkyl halides is 3. The molecule has 170 valence electrons. The Labute approximate surface area is 182 Å². The minimum Gasteiger partial charge on any atom is -0.493 e. The maximum Gasteiger partial charge on any atom is 0.408 e. The van der Waals surface area contributed by atoms with Crippen molar-refractivity contribution in [3.8, 4) is 22.6 Å². The summed E-state index contributed by atoms with van der Waals surface area (Å²) in [5, 5.41) is 15.3. The summed E-state index contributed by atoms with van der Waals surface area (Å²) in [6, 6.07) is 4.54. The molecule has 0 aliphatic heterocycles. The predicted octanol–water partition coefficient (Wildman–Crippen LogP) is 1.92. The highest BCUT2D eigenvalue weighted by Crippen LogP contribution is 2.34. The lowest BCUT2D eigenvalue weighted by atomic mass is 10.1. The van der Waals surface area contributed by atoms with Gasteiger partial charge in [0.25, 0.3) is 11.5 Å². The number of halogens is 4. The summed E-state index contributed by atoms with van der Waals surface area (Å²) < 4.78 is 49.6. The number of methoxy groups -OCH3 is 2. The van der Waals surface area contributed by atoms with Gasteiger partial charge in [-0.05, 0) is 28.1 Å². The highest BCUT2D eigenvalue weighted by molar-refractivity contribution is 6.36. The average Bonchev–Trinajstić information content (AvgIpc) is 3.15.